The molecule has 0 unspecified atom stereocenters. The fraction of sp³-hybridized carbons (Fsp3) is 0.300. The van der Waals surface area contributed by atoms with Crippen LogP contribution in [-0.4, -0.2) is 9.55 Å². The Morgan fingerprint density at radius 3 is 2.62 bits per heavy atom. The number of benzene rings is 1. The fourth-order valence-corrected chi connectivity index (χ4v) is 3.81. The van der Waals surface area contributed by atoms with E-state index in [9.17, 15) is 4.79 Å². The summed E-state index contributed by atoms with van der Waals surface area (Å²) in [6, 6.07) is 12.6. The number of nitriles is 1. The number of aromatic nitrogens is 2. The minimum absolute atomic E-state index is 0.0413. The molecule has 1 aromatic carbocycles. The van der Waals surface area contributed by atoms with Crippen molar-refractivity contribution in [2.24, 2.45) is 0 Å². The van der Waals surface area contributed by atoms with Crippen LogP contribution >= 0.6 is 0 Å². The molecule has 1 saturated carbocycles. The third-order valence-electron chi connectivity index (χ3n) is 5.02. The lowest BCUT2D eigenvalue weighted by molar-refractivity contribution is 0.536. The molecule has 2 heterocycles. The van der Waals surface area contributed by atoms with E-state index in [4.69, 9.17) is 5.26 Å². The van der Waals surface area contributed by atoms with Crippen molar-refractivity contribution in [3.05, 3.63) is 58.6 Å². The highest BCUT2D eigenvalue weighted by Gasteiger charge is 2.21. The smallest absolute Gasteiger partial charge is 0.258 e. The summed E-state index contributed by atoms with van der Waals surface area (Å²) in [6.45, 7) is 0. The molecule has 1 aliphatic carbocycles. The zero-order chi connectivity index (χ0) is 16.5. The number of pyridine rings is 1. The standard InChI is InChI=1S/C20H19N3O/c21-11-9-14-5-7-15(8-6-14)17-13-23(16-3-1-2-4-16)18-10-12-22-20(24)19(17)18/h5-8,10,12-13,16H,1-4,9H2,(H,22,24). The molecule has 0 aliphatic heterocycles. The van der Waals surface area contributed by atoms with E-state index in [-0.39, 0.29) is 5.56 Å². The zero-order valence-corrected chi connectivity index (χ0v) is 13.5. The molecule has 1 N–H and O–H groups in total. The van der Waals surface area contributed by atoms with Gasteiger partial charge in [-0.25, -0.2) is 0 Å². The summed E-state index contributed by atoms with van der Waals surface area (Å²) < 4.78 is 2.29. The molecule has 0 amide bonds. The van der Waals surface area contributed by atoms with Crippen LogP contribution < -0.4 is 5.56 Å². The maximum atomic E-state index is 12.5. The van der Waals surface area contributed by atoms with Crippen molar-refractivity contribution in [2.45, 2.75) is 38.1 Å². The van der Waals surface area contributed by atoms with Gasteiger partial charge in [-0.1, -0.05) is 37.1 Å². The van der Waals surface area contributed by atoms with E-state index in [2.05, 4.69) is 21.8 Å². The highest BCUT2D eigenvalue weighted by molar-refractivity contribution is 5.95. The van der Waals surface area contributed by atoms with Gasteiger partial charge >= 0.3 is 0 Å². The predicted molar refractivity (Wildman–Crippen MR) is 94.8 cm³/mol. The average molecular weight is 317 g/mol. The topological polar surface area (TPSA) is 61.6 Å². The van der Waals surface area contributed by atoms with Crippen molar-refractivity contribution < 1.29 is 0 Å². The lowest BCUT2D eigenvalue weighted by atomic mass is 10.0. The van der Waals surface area contributed by atoms with E-state index < -0.39 is 0 Å². The first kappa shape index (κ1) is 14.8. The Morgan fingerprint density at radius 2 is 1.92 bits per heavy atom. The molecule has 3 aromatic rings. The maximum Gasteiger partial charge on any atom is 0.258 e. The Morgan fingerprint density at radius 1 is 1.17 bits per heavy atom. The molecule has 4 nitrogen and oxygen atoms in total. The lowest BCUT2D eigenvalue weighted by Gasteiger charge is -2.12. The predicted octanol–water partition coefficient (Wildman–Crippen LogP) is 4.18. The van der Waals surface area contributed by atoms with Crippen LogP contribution in [0.4, 0.5) is 0 Å². The summed E-state index contributed by atoms with van der Waals surface area (Å²) in [5.74, 6) is 0. The normalized spacial score (nSPS) is 15.0. The number of hydrogen-bond acceptors (Lipinski definition) is 2. The molecule has 4 rings (SSSR count). The summed E-state index contributed by atoms with van der Waals surface area (Å²) in [5.41, 5.74) is 3.97. The van der Waals surface area contributed by atoms with E-state index in [1.54, 1.807) is 6.20 Å². The van der Waals surface area contributed by atoms with E-state index in [0.717, 1.165) is 27.6 Å². The van der Waals surface area contributed by atoms with Gasteiger partial charge in [0.15, 0.2) is 0 Å². The minimum Gasteiger partial charge on any atom is -0.344 e. The van der Waals surface area contributed by atoms with E-state index in [0.29, 0.717) is 12.5 Å². The summed E-state index contributed by atoms with van der Waals surface area (Å²) in [7, 11) is 0. The second kappa shape index (κ2) is 6.01. The van der Waals surface area contributed by atoms with Crippen molar-refractivity contribution in [3.8, 4) is 17.2 Å². The van der Waals surface area contributed by atoms with Crippen LogP contribution in [0, 0.1) is 11.3 Å². The van der Waals surface area contributed by atoms with Crippen molar-refractivity contribution in [2.75, 3.05) is 0 Å². The van der Waals surface area contributed by atoms with Gasteiger partial charge in [0.25, 0.3) is 5.56 Å². The van der Waals surface area contributed by atoms with Gasteiger partial charge in [-0.2, -0.15) is 5.26 Å². The molecule has 1 aliphatic rings. The first-order valence-corrected chi connectivity index (χ1v) is 8.46. The van der Waals surface area contributed by atoms with Crippen molar-refractivity contribution in [1.82, 2.24) is 9.55 Å². The van der Waals surface area contributed by atoms with Crippen molar-refractivity contribution >= 4 is 10.9 Å². The van der Waals surface area contributed by atoms with Gasteiger partial charge in [0, 0.05) is 24.0 Å². The lowest BCUT2D eigenvalue weighted by Crippen LogP contribution is -2.07. The number of rotatable bonds is 3. The number of fused-ring (bicyclic) bond motifs is 1. The third kappa shape index (κ3) is 2.43. The number of aromatic amines is 1. The molecule has 0 radical (unpaired) electrons. The SMILES string of the molecule is N#CCc1ccc(-c2cn(C3CCCC3)c3cc[nH]c(=O)c23)cc1. The summed E-state index contributed by atoms with van der Waals surface area (Å²) in [4.78, 5) is 15.3. The van der Waals surface area contributed by atoms with Gasteiger partial charge in [0.2, 0.25) is 0 Å². The second-order valence-electron chi connectivity index (χ2n) is 6.49. The Balaban J connectivity index is 1.88. The number of nitrogens with one attached hydrogen (secondary N) is 1. The molecule has 0 bridgehead atoms. The second-order valence-corrected chi connectivity index (χ2v) is 6.49. The van der Waals surface area contributed by atoms with Gasteiger partial charge in [-0.15, -0.1) is 0 Å². The highest BCUT2D eigenvalue weighted by Crippen LogP contribution is 2.36. The summed E-state index contributed by atoms with van der Waals surface area (Å²) >= 11 is 0. The Kier molecular flexibility index (Phi) is 3.70. The molecule has 0 saturated heterocycles. The Hall–Kier alpha value is -2.80. The quantitative estimate of drug-likeness (QED) is 0.787. The van der Waals surface area contributed by atoms with Crippen molar-refractivity contribution in [3.63, 3.8) is 0 Å². The van der Waals surface area contributed by atoms with Gasteiger partial charge < -0.3 is 9.55 Å². The molecule has 120 valence electrons. The molecule has 2 aromatic heterocycles. The third-order valence-corrected chi connectivity index (χ3v) is 5.02. The fourth-order valence-electron chi connectivity index (χ4n) is 3.81. The van der Waals surface area contributed by atoms with E-state index in [1.807, 2.05) is 30.3 Å². The monoisotopic (exact) mass is 317 g/mol. The number of hydrogen-bond donors (Lipinski definition) is 1. The van der Waals surface area contributed by atoms with E-state index >= 15 is 0 Å². The van der Waals surface area contributed by atoms with Crippen molar-refractivity contribution in [1.29, 1.82) is 5.26 Å². The largest absolute Gasteiger partial charge is 0.344 e. The number of H-pyrrole nitrogens is 1. The van der Waals surface area contributed by atoms with Crippen LogP contribution in [0.2, 0.25) is 0 Å². The average Bonchev–Trinajstić information content (AvgIpc) is 3.24. The maximum absolute atomic E-state index is 12.5. The molecule has 1 fully saturated rings. The zero-order valence-electron chi connectivity index (χ0n) is 13.5. The summed E-state index contributed by atoms with van der Waals surface area (Å²) in [5, 5.41) is 9.57. The van der Waals surface area contributed by atoms with Gasteiger partial charge in [-0.3, -0.25) is 4.79 Å². The van der Waals surface area contributed by atoms with Gasteiger partial charge in [-0.05, 0) is 30.0 Å². The first-order valence-electron chi connectivity index (χ1n) is 8.46. The summed E-state index contributed by atoms with van der Waals surface area (Å²) in [6.07, 6.45) is 9.14. The molecule has 24 heavy (non-hydrogen) atoms. The van der Waals surface area contributed by atoms with Crippen LogP contribution in [-0.2, 0) is 6.42 Å². The molecular weight excluding hydrogens is 298 g/mol. The van der Waals surface area contributed by atoms with Crippen LogP contribution in [0.3, 0.4) is 0 Å². The van der Waals surface area contributed by atoms with E-state index in [1.165, 1.54) is 25.7 Å². The highest BCUT2D eigenvalue weighted by atomic mass is 16.1. The Labute approximate surface area is 140 Å². The van der Waals surface area contributed by atoms with Crippen LogP contribution in [0.25, 0.3) is 22.0 Å². The molecule has 4 heteroatoms. The molecular formula is C20H19N3O. The Bertz CT molecular complexity index is 967. The van der Waals surface area contributed by atoms with Crippen LogP contribution in [0.15, 0.2) is 47.5 Å². The van der Waals surface area contributed by atoms with Crippen LogP contribution in [0.5, 0.6) is 0 Å². The first-order chi connectivity index (χ1) is 11.8. The molecule has 0 atom stereocenters. The van der Waals surface area contributed by atoms with Gasteiger partial charge in [0.05, 0.1) is 23.4 Å². The van der Waals surface area contributed by atoms with Crippen LogP contribution in [0.1, 0.15) is 37.3 Å². The van der Waals surface area contributed by atoms with Gasteiger partial charge in [0.1, 0.15) is 0 Å². The molecule has 0 spiro atoms. The number of nitrogens with zero attached hydrogens (tertiary/aromatic N) is 2. The minimum atomic E-state index is -0.0413.